The summed E-state index contributed by atoms with van der Waals surface area (Å²) in [6, 6.07) is 13.8. The first-order valence-electron chi connectivity index (χ1n) is 5.77. The van der Waals surface area contributed by atoms with Crippen LogP contribution in [0.1, 0.15) is 16.7 Å². The fraction of sp³-hybridized carbons (Fsp3) is 0.133. The second-order valence-corrected chi connectivity index (χ2v) is 4.67. The van der Waals surface area contributed by atoms with Gasteiger partial charge in [-0.3, -0.25) is 5.43 Å². The van der Waals surface area contributed by atoms with Gasteiger partial charge in [0.1, 0.15) is 0 Å². The molecule has 3 heteroatoms. The Morgan fingerprint density at radius 2 is 1.78 bits per heavy atom. The summed E-state index contributed by atoms with van der Waals surface area (Å²) in [5, 5.41) is 4.95. The van der Waals surface area contributed by atoms with Gasteiger partial charge in [-0.2, -0.15) is 5.10 Å². The van der Waals surface area contributed by atoms with E-state index < -0.39 is 0 Å². The minimum Gasteiger partial charge on any atom is -0.279 e. The Hall–Kier alpha value is -1.80. The first-order chi connectivity index (χ1) is 8.65. The summed E-state index contributed by atoms with van der Waals surface area (Å²) >= 11 is 5.81. The highest BCUT2D eigenvalue weighted by atomic mass is 35.5. The Kier molecular flexibility index (Phi) is 4.00. The van der Waals surface area contributed by atoms with Gasteiger partial charge >= 0.3 is 0 Å². The summed E-state index contributed by atoms with van der Waals surface area (Å²) < 4.78 is 0. The van der Waals surface area contributed by atoms with Crippen LogP contribution < -0.4 is 5.43 Å². The molecule has 0 unspecified atom stereocenters. The second-order valence-electron chi connectivity index (χ2n) is 4.24. The number of rotatable bonds is 3. The molecule has 1 N–H and O–H groups in total. The smallest absolute Gasteiger partial charge is 0.0562 e. The van der Waals surface area contributed by atoms with E-state index in [-0.39, 0.29) is 0 Å². The highest BCUT2D eigenvalue weighted by Crippen LogP contribution is 2.13. The Bertz CT molecular complexity index is 559. The summed E-state index contributed by atoms with van der Waals surface area (Å²) in [5.41, 5.74) is 7.46. The molecule has 2 rings (SSSR count). The molecule has 0 heterocycles. The van der Waals surface area contributed by atoms with Gasteiger partial charge in [0.15, 0.2) is 0 Å². The summed E-state index contributed by atoms with van der Waals surface area (Å²) in [6.45, 7) is 4.15. The number of halogens is 1. The Morgan fingerprint density at radius 3 is 2.50 bits per heavy atom. The van der Waals surface area contributed by atoms with Crippen molar-refractivity contribution in [2.24, 2.45) is 5.10 Å². The van der Waals surface area contributed by atoms with Gasteiger partial charge in [0.25, 0.3) is 0 Å². The third kappa shape index (κ3) is 3.34. The van der Waals surface area contributed by atoms with Gasteiger partial charge in [-0.25, -0.2) is 0 Å². The summed E-state index contributed by atoms with van der Waals surface area (Å²) in [5.74, 6) is 0. The summed E-state index contributed by atoms with van der Waals surface area (Å²) in [7, 11) is 0. The molecular formula is C15H15ClN2. The Balaban J connectivity index is 2.07. The average Bonchev–Trinajstić information content (AvgIpc) is 2.36. The normalized spacial score (nSPS) is 10.8. The van der Waals surface area contributed by atoms with Gasteiger partial charge in [-0.1, -0.05) is 35.4 Å². The Morgan fingerprint density at radius 1 is 1.06 bits per heavy atom. The van der Waals surface area contributed by atoms with Crippen LogP contribution in [0.4, 0.5) is 5.69 Å². The van der Waals surface area contributed by atoms with E-state index in [1.54, 1.807) is 0 Å². The van der Waals surface area contributed by atoms with Gasteiger partial charge in [-0.15, -0.1) is 0 Å². The van der Waals surface area contributed by atoms with Crippen molar-refractivity contribution >= 4 is 23.5 Å². The third-order valence-electron chi connectivity index (χ3n) is 2.68. The quantitative estimate of drug-likeness (QED) is 0.640. The number of hydrogen-bond donors (Lipinski definition) is 1. The van der Waals surface area contributed by atoms with Crippen molar-refractivity contribution in [1.29, 1.82) is 0 Å². The molecule has 0 aliphatic rings. The zero-order chi connectivity index (χ0) is 13.0. The van der Waals surface area contributed by atoms with E-state index in [0.717, 1.165) is 16.3 Å². The molecule has 2 aromatic rings. The number of nitrogens with zero attached hydrogens (tertiary/aromatic N) is 1. The molecule has 2 aromatic carbocycles. The van der Waals surface area contributed by atoms with E-state index in [2.05, 4.69) is 42.6 Å². The number of benzene rings is 2. The van der Waals surface area contributed by atoms with Gasteiger partial charge in [0.2, 0.25) is 0 Å². The van der Waals surface area contributed by atoms with E-state index in [9.17, 15) is 0 Å². The number of nitrogens with one attached hydrogen (secondary N) is 1. The van der Waals surface area contributed by atoms with Crippen LogP contribution in [0.5, 0.6) is 0 Å². The molecule has 0 spiro atoms. The maximum absolute atomic E-state index is 5.81. The molecule has 0 aliphatic heterocycles. The lowest BCUT2D eigenvalue weighted by molar-refractivity contribution is 1.33. The van der Waals surface area contributed by atoms with Crippen molar-refractivity contribution in [1.82, 2.24) is 0 Å². The molecule has 0 saturated heterocycles. The van der Waals surface area contributed by atoms with Crippen molar-refractivity contribution in [3.63, 3.8) is 0 Å². The molecule has 92 valence electrons. The number of hydrazone groups is 1. The second kappa shape index (κ2) is 5.69. The highest BCUT2D eigenvalue weighted by molar-refractivity contribution is 6.30. The lowest BCUT2D eigenvalue weighted by Crippen LogP contribution is -1.93. The van der Waals surface area contributed by atoms with E-state index in [1.165, 1.54) is 11.1 Å². The molecule has 0 atom stereocenters. The lowest BCUT2D eigenvalue weighted by atomic mass is 10.1. The molecule has 0 bridgehead atoms. The molecule has 0 aromatic heterocycles. The molecule has 0 saturated carbocycles. The summed E-state index contributed by atoms with van der Waals surface area (Å²) in [6.07, 6.45) is 1.83. The van der Waals surface area contributed by atoms with Crippen LogP contribution in [-0.4, -0.2) is 6.21 Å². The molecule has 0 radical (unpaired) electrons. The molecule has 0 aliphatic carbocycles. The van der Waals surface area contributed by atoms with Crippen LogP contribution in [0, 0.1) is 13.8 Å². The average molecular weight is 259 g/mol. The van der Waals surface area contributed by atoms with Gasteiger partial charge in [-0.05, 0) is 49.2 Å². The molecule has 0 fully saturated rings. The largest absolute Gasteiger partial charge is 0.279 e. The van der Waals surface area contributed by atoms with Crippen LogP contribution in [0.25, 0.3) is 0 Å². The molecule has 2 nitrogen and oxygen atoms in total. The third-order valence-corrected chi connectivity index (χ3v) is 2.93. The van der Waals surface area contributed by atoms with Crippen molar-refractivity contribution in [3.05, 3.63) is 64.2 Å². The van der Waals surface area contributed by atoms with E-state index in [4.69, 9.17) is 11.6 Å². The molecule has 0 amide bonds. The number of hydrogen-bond acceptors (Lipinski definition) is 2. The van der Waals surface area contributed by atoms with Crippen LogP contribution in [-0.2, 0) is 0 Å². The lowest BCUT2D eigenvalue weighted by Gasteiger charge is -2.02. The number of aryl methyl sites for hydroxylation is 2. The van der Waals surface area contributed by atoms with E-state index in [1.807, 2.05) is 30.5 Å². The maximum Gasteiger partial charge on any atom is 0.0562 e. The van der Waals surface area contributed by atoms with Gasteiger partial charge in [0.05, 0.1) is 11.9 Å². The van der Waals surface area contributed by atoms with Crippen molar-refractivity contribution < 1.29 is 0 Å². The van der Waals surface area contributed by atoms with Gasteiger partial charge < -0.3 is 0 Å². The van der Waals surface area contributed by atoms with Crippen LogP contribution in [0.15, 0.2) is 47.6 Å². The van der Waals surface area contributed by atoms with Crippen LogP contribution in [0.3, 0.4) is 0 Å². The minimum absolute atomic E-state index is 0.721. The van der Waals surface area contributed by atoms with Crippen molar-refractivity contribution in [3.8, 4) is 0 Å². The van der Waals surface area contributed by atoms with E-state index >= 15 is 0 Å². The summed E-state index contributed by atoms with van der Waals surface area (Å²) in [4.78, 5) is 0. The topological polar surface area (TPSA) is 24.4 Å². The predicted molar refractivity (Wildman–Crippen MR) is 78.6 cm³/mol. The minimum atomic E-state index is 0.721. The maximum atomic E-state index is 5.81. The SMILES string of the molecule is Cc1ccc(C)c(/C=N/Nc2ccc(Cl)cc2)c1. The van der Waals surface area contributed by atoms with Gasteiger partial charge in [0, 0.05) is 5.02 Å². The zero-order valence-corrected chi connectivity index (χ0v) is 11.2. The molecular weight excluding hydrogens is 244 g/mol. The molecule has 18 heavy (non-hydrogen) atoms. The first-order valence-corrected chi connectivity index (χ1v) is 6.15. The monoisotopic (exact) mass is 258 g/mol. The highest BCUT2D eigenvalue weighted by Gasteiger charge is 1.95. The standard InChI is InChI=1S/C15H15ClN2/c1-11-3-4-12(2)13(9-11)10-17-18-15-7-5-14(16)6-8-15/h3-10,18H,1-2H3/b17-10+. The van der Waals surface area contributed by atoms with E-state index in [0.29, 0.717) is 0 Å². The first kappa shape index (κ1) is 12.7. The number of anilines is 1. The predicted octanol–water partition coefficient (Wildman–Crippen LogP) is 4.40. The van der Waals surface area contributed by atoms with Crippen molar-refractivity contribution in [2.75, 3.05) is 5.43 Å². The van der Waals surface area contributed by atoms with Crippen LogP contribution >= 0.6 is 11.6 Å². The van der Waals surface area contributed by atoms with Crippen LogP contribution in [0.2, 0.25) is 5.02 Å². The zero-order valence-electron chi connectivity index (χ0n) is 10.4. The van der Waals surface area contributed by atoms with Crippen molar-refractivity contribution in [2.45, 2.75) is 13.8 Å². The Labute approximate surface area is 112 Å². The fourth-order valence-corrected chi connectivity index (χ4v) is 1.73. The fourth-order valence-electron chi connectivity index (χ4n) is 1.60.